The summed E-state index contributed by atoms with van der Waals surface area (Å²) in [5.74, 6) is 0.642. The molecule has 0 atom stereocenters. The van der Waals surface area contributed by atoms with E-state index in [9.17, 15) is 10.1 Å². The lowest BCUT2D eigenvalue weighted by Gasteiger charge is -2.20. The molecule has 0 radical (unpaired) electrons. The molecule has 0 spiro atoms. The van der Waals surface area contributed by atoms with Gasteiger partial charge in [-0.25, -0.2) is 0 Å². The van der Waals surface area contributed by atoms with Crippen molar-refractivity contribution in [1.29, 1.82) is 5.26 Å². The van der Waals surface area contributed by atoms with Crippen LogP contribution in [-0.4, -0.2) is 31.0 Å². The Morgan fingerprint density at radius 2 is 1.83 bits per heavy atom. The second-order valence-corrected chi connectivity index (χ2v) is 6.94. The van der Waals surface area contributed by atoms with E-state index < -0.39 is 0 Å². The number of hydrogen-bond donors (Lipinski definition) is 1. The molecule has 1 N–H and O–H groups in total. The first-order valence-electron chi connectivity index (χ1n) is 9.87. The van der Waals surface area contributed by atoms with E-state index in [1.807, 2.05) is 73.7 Å². The molecule has 0 aliphatic rings. The molecule has 0 aliphatic carbocycles. The van der Waals surface area contributed by atoms with E-state index in [1.165, 1.54) is 0 Å². The molecule has 3 aromatic carbocycles. The molecule has 152 valence electrons. The summed E-state index contributed by atoms with van der Waals surface area (Å²) in [4.78, 5) is 14.5. The van der Waals surface area contributed by atoms with Crippen LogP contribution >= 0.6 is 0 Å². The van der Waals surface area contributed by atoms with Gasteiger partial charge in [-0.05, 0) is 41.4 Å². The van der Waals surface area contributed by atoms with Crippen molar-refractivity contribution in [1.82, 2.24) is 4.90 Å². The molecule has 3 aromatic rings. The normalized spacial score (nSPS) is 10.5. The molecule has 3 rings (SSSR count). The SMILES string of the molecule is CCN(CC(=O)Nc1cccc(OC)c1)Cc1ccc(-c2ccccc2C#N)cc1. The van der Waals surface area contributed by atoms with Crippen LogP contribution in [-0.2, 0) is 11.3 Å². The van der Waals surface area contributed by atoms with E-state index in [4.69, 9.17) is 4.74 Å². The van der Waals surface area contributed by atoms with Gasteiger partial charge in [0.05, 0.1) is 25.3 Å². The van der Waals surface area contributed by atoms with Crippen LogP contribution in [0.5, 0.6) is 5.75 Å². The van der Waals surface area contributed by atoms with E-state index in [0.717, 1.165) is 28.9 Å². The zero-order valence-electron chi connectivity index (χ0n) is 17.3. The van der Waals surface area contributed by atoms with E-state index >= 15 is 0 Å². The molecule has 0 saturated carbocycles. The molecular weight excluding hydrogens is 374 g/mol. The van der Waals surface area contributed by atoms with Gasteiger partial charge in [-0.2, -0.15) is 5.26 Å². The van der Waals surface area contributed by atoms with Gasteiger partial charge < -0.3 is 10.1 Å². The molecule has 0 unspecified atom stereocenters. The highest BCUT2D eigenvalue weighted by Crippen LogP contribution is 2.24. The minimum Gasteiger partial charge on any atom is -0.497 e. The Labute approximate surface area is 177 Å². The van der Waals surface area contributed by atoms with Gasteiger partial charge in [0.1, 0.15) is 5.75 Å². The molecule has 0 bridgehead atoms. The molecule has 5 nitrogen and oxygen atoms in total. The number of benzene rings is 3. The van der Waals surface area contributed by atoms with E-state index in [2.05, 4.69) is 16.3 Å². The lowest BCUT2D eigenvalue weighted by atomic mass is 9.99. The molecule has 0 aromatic heterocycles. The fourth-order valence-corrected chi connectivity index (χ4v) is 3.26. The Morgan fingerprint density at radius 1 is 1.07 bits per heavy atom. The predicted octanol–water partition coefficient (Wildman–Crippen LogP) is 4.69. The van der Waals surface area contributed by atoms with Gasteiger partial charge in [0, 0.05) is 18.3 Å². The summed E-state index contributed by atoms with van der Waals surface area (Å²) in [6.45, 7) is 3.76. The Morgan fingerprint density at radius 3 is 2.53 bits per heavy atom. The van der Waals surface area contributed by atoms with Gasteiger partial charge in [-0.1, -0.05) is 55.5 Å². The lowest BCUT2D eigenvalue weighted by Crippen LogP contribution is -2.32. The third kappa shape index (κ3) is 5.47. The Balaban J connectivity index is 1.62. The van der Waals surface area contributed by atoms with Crippen molar-refractivity contribution < 1.29 is 9.53 Å². The summed E-state index contributed by atoms with van der Waals surface area (Å²) in [5.41, 5.74) is 4.43. The topological polar surface area (TPSA) is 65.4 Å². The van der Waals surface area contributed by atoms with Gasteiger partial charge >= 0.3 is 0 Å². The van der Waals surface area contributed by atoms with Crippen molar-refractivity contribution in [2.45, 2.75) is 13.5 Å². The number of hydrogen-bond acceptors (Lipinski definition) is 4. The molecule has 1 amide bonds. The summed E-state index contributed by atoms with van der Waals surface area (Å²) < 4.78 is 5.19. The predicted molar refractivity (Wildman–Crippen MR) is 119 cm³/mol. The van der Waals surface area contributed by atoms with Crippen molar-refractivity contribution in [3.8, 4) is 22.9 Å². The number of rotatable bonds is 8. The van der Waals surface area contributed by atoms with Crippen LogP contribution in [0.15, 0.2) is 72.8 Å². The van der Waals surface area contributed by atoms with Crippen LogP contribution in [0.25, 0.3) is 11.1 Å². The van der Waals surface area contributed by atoms with Crippen LogP contribution < -0.4 is 10.1 Å². The van der Waals surface area contributed by atoms with Gasteiger partial charge in [0.25, 0.3) is 0 Å². The average molecular weight is 399 g/mol. The van der Waals surface area contributed by atoms with Crippen LogP contribution in [0.3, 0.4) is 0 Å². The molecule has 30 heavy (non-hydrogen) atoms. The van der Waals surface area contributed by atoms with Gasteiger partial charge in [-0.15, -0.1) is 0 Å². The second-order valence-electron chi connectivity index (χ2n) is 6.94. The molecule has 0 saturated heterocycles. The second kappa shape index (κ2) is 10.2. The van der Waals surface area contributed by atoms with Crippen LogP contribution in [0.4, 0.5) is 5.69 Å². The maximum atomic E-state index is 12.5. The van der Waals surface area contributed by atoms with Crippen LogP contribution in [0.1, 0.15) is 18.1 Å². The van der Waals surface area contributed by atoms with E-state index in [0.29, 0.717) is 24.4 Å². The highest BCUT2D eigenvalue weighted by molar-refractivity contribution is 5.92. The number of carbonyl (C=O) groups is 1. The molecule has 0 heterocycles. The number of anilines is 1. The first kappa shape index (κ1) is 21.1. The first-order valence-corrected chi connectivity index (χ1v) is 9.87. The third-order valence-corrected chi connectivity index (χ3v) is 4.89. The number of ether oxygens (including phenoxy) is 1. The lowest BCUT2D eigenvalue weighted by molar-refractivity contribution is -0.117. The highest BCUT2D eigenvalue weighted by atomic mass is 16.5. The number of nitriles is 1. The molecular formula is C25H25N3O2. The maximum absolute atomic E-state index is 12.5. The van der Waals surface area contributed by atoms with Crippen molar-refractivity contribution in [2.75, 3.05) is 25.5 Å². The maximum Gasteiger partial charge on any atom is 0.238 e. The number of likely N-dealkylation sites (N-methyl/N-ethyl adjacent to an activating group) is 1. The summed E-state index contributed by atoms with van der Waals surface area (Å²) in [6, 6.07) is 25.3. The summed E-state index contributed by atoms with van der Waals surface area (Å²) >= 11 is 0. The minimum absolute atomic E-state index is 0.0651. The Kier molecular flexibility index (Phi) is 7.20. The quantitative estimate of drug-likeness (QED) is 0.597. The zero-order valence-corrected chi connectivity index (χ0v) is 17.3. The molecule has 0 fully saturated rings. The number of carbonyl (C=O) groups excluding carboxylic acids is 1. The summed E-state index contributed by atoms with van der Waals surface area (Å²) in [5, 5.41) is 12.2. The Bertz CT molecular complexity index is 1040. The monoisotopic (exact) mass is 399 g/mol. The fraction of sp³-hybridized carbons (Fsp3) is 0.200. The minimum atomic E-state index is -0.0651. The van der Waals surface area contributed by atoms with Crippen molar-refractivity contribution in [2.24, 2.45) is 0 Å². The highest BCUT2D eigenvalue weighted by Gasteiger charge is 2.11. The van der Waals surface area contributed by atoms with E-state index in [-0.39, 0.29) is 5.91 Å². The average Bonchev–Trinajstić information content (AvgIpc) is 2.79. The fourth-order valence-electron chi connectivity index (χ4n) is 3.26. The van der Waals surface area contributed by atoms with Crippen LogP contribution in [0.2, 0.25) is 0 Å². The van der Waals surface area contributed by atoms with Crippen molar-refractivity contribution in [3.63, 3.8) is 0 Å². The molecule has 0 aliphatic heterocycles. The molecule has 5 heteroatoms. The Hall–Kier alpha value is -3.62. The zero-order chi connectivity index (χ0) is 21.3. The first-order chi connectivity index (χ1) is 14.6. The summed E-state index contributed by atoms with van der Waals surface area (Å²) in [7, 11) is 1.60. The van der Waals surface area contributed by atoms with Crippen molar-refractivity contribution in [3.05, 3.63) is 83.9 Å². The van der Waals surface area contributed by atoms with Crippen LogP contribution in [0, 0.1) is 11.3 Å². The largest absolute Gasteiger partial charge is 0.497 e. The van der Waals surface area contributed by atoms with Crippen molar-refractivity contribution >= 4 is 11.6 Å². The number of nitrogens with zero attached hydrogens (tertiary/aromatic N) is 2. The van der Waals surface area contributed by atoms with Gasteiger partial charge in [-0.3, -0.25) is 9.69 Å². The summed E-state index contributed by atoms with van der Waals surface area (Å²) in [6.07, 6.45) is 0. The standard InChI is InChI=1S/C25H25N3O2/c1-3-28(18-25(29)27-22-8-6-9-23(15-22)30-2)17-19-11-13-20(14-12-19)24-10-5-4-7-21(24)16-26/h4-15H,3,17-18H2,1-2H3,(H,27,29). The number of nitrogens with one attached hydrogen (secondary N) is 1. The number of amides is 1. The number of methoxy groups -OCH3 is 1. The smallest absolute Gasteiger partial charge is 0.238 e. The van der Waals surface area contributed by atoms with Gasteiger partial charge in [0.15, 0.2) is 0 Å². The third-order valence-electron chi connectivity index (χ3n) is 4.89. The van der Waals surface area contributed by atoms with Gasteiger partial charge in [0.2, 0.25) is 5.91 Å². The van der Waals surface area contributed by atoms with E-state index in [1.54, 1.807) is 13.2 Å².